The highest BCUT2D eigenvalue weighted by atomic mass is 32.2. The van der Waals surface area contributed by atoms with Gasteiger partial charge in [-0.3, -0.25) is 0 Å². The second-order valence-electron chi connectivity index (χ2n) is 4.75. The van der Waals surface area contributed by atoms with Gasteiger partial charge >= 0.3 is 0 Å². The first-order valence-corrected chi connectivity index (χ1v) is 8.43. The Bertz CT molecular complexity index is 595. The fourth-order valence-corrected chi connectivity index (χ4v) is 4.42. The van der Waals surface area contributed by atoms with Crippen molar-refractivity contribution >= 4 is 21.4 Å². The maximum absolute atomic E-state index is 12.3. The molecule has 0 aliphatic heterocycles. The number of hydrogen-bond donors (Lipinski definition) is 1. The number of nitrogens with zero attached hydrogens (tertiary/aromatic N) is 1. The summed E-state index contributed by atoms with van der Waals surface area (Å²) in [5, 5.41) is 3.39. The monoisotopic (exact) mass is 298 g/mol. The van der Waals surface area contributed by atoms with Crippen LogP contribution in [0.5, 0.6) is 0 Å². The van der Waals surface area contributed by atoms with Gasteiger partial charge < -0.3 is 5.32 Å². The third-order valence-electron chi connectivity index (χ3n) is 3.07. The van der Waals surface area contributed by atoms with Gasteiger partial charge in [-0.05, 0) is 25.8 Å². The summed E-state index contributed by atoms with van der Waals surface area (Å²) >= 11 is 1.53. The zero-order valence-corrected chi connectivity index (χ0v) is 12.8. The molecule has 1 aliphatic rings. The van der Waals surface area contributed by atoms with Gasteiger partial charge in [-0.2, -0.15) is 4.31 Å². The van der Waals surface area contributed by atoms with E-state index in [0.717, 1.165) is 16.3 Å². The van der Waals surface area contributed by atoms with Gasteiger partial charge in [0, 0.05) is 29.4 Å². The van der Waals surface area contributed by atoms with E-state index in [1.54, 1.807) is 6.07 Å². The van der Waals surface area contributed by atoms with Crippen LogP contribution in [0.2, 0.25) is 0 Å². The van der Waals surface area contributed by atoms with Gasteiger partial charge in [0.05, 0.1) is 11.4 Å². The number of hydrogen-bond acceptors (Lipinski definition) is 4. The summed E-state index contributed by atoms with van der Waals surface area (Å²) in [5.74, 6) is 2.36. The van der Waals surface area contributed by atoms with Crippen LogP contribution in [0.4, 0.5) is 0 Å². The van der Waals surface area contributed by atoms with Gasteiger partial charge in [0.15, 0.2) is 0 Å². The minimum Gasteiger partial charge on any atom is -0.309 e. The molecule has 1 aromatic rings. The lowest BCUT2D eigenvalue weighted by Crippen LogP contribution is -2.27. The molecule has 0 spiro atoms. The molecule has 1 aromatic heterocycles. The van der Waals surface area contributed by atoms with Crippen molar-refractivity contribution in [3.05, 3.63) is 15.8 Å². The molecule has 1 heterocycles. The average molecular weight is 298 g/mol. The smallest absolute Gasteiger partial charge is 0.244 e. The minimum absolute atomic E-state index is 0.0906. The third kappa shape index (κ3) is 3.37. The van der Waals surface area contributed by atoms with Crippen LogP contribution in [0.15, 0.2) is 11.0 Å². The van der Waals surface area contributed by atoms with E-state index in [-0.39, 0.29) is 6.54 Å². The SMILES string of the molecule is C#CCN(C)S(=O)(=O)c1cc(CNC2CC2)sc1C. The summed E-state index contributed by atoms with van der Waals surface area (Å²) < 4.78 is 25.9. The highest BCUT2D eigenvalue weighted by molar-refractivity contribution is 7.89. The summed E-state index contributed by atoms with van der Waals surface area (Å²) in [4.78, 5) is 2.25. The summed E-state index contributed by atoms with van der Waals surface area (Å²) in [6.45, 7) is 2.67. The second-order valence-corrected chi connectivity index (χ2v) is 8.11. The molecule has 0 unspecified atom stereocenters. The molecule has 104 valence electrons. The van der Waals surface area contributed by atoms with E-state index < -0.39 is 10.0 Å². The highest BCUT2D eigenvalue weighted by Crippen LogP contribution is 2.28. The van der Waals surface area contributed by atoms with Crippen LogP contribution in [-0.4, -0.2) is 32.4 Å². The van der Waals surface area contributed by atoms with Crippen molar-refractivity contribution in [2.24, 2.45) is 0 Å². The van der Waals surface area contributed by atoms with Crippen molar-refractivity contribution in [1.29, 1.82) is 0 Å². The number of terminal acetylenes is 1. The Kier molecular flexibility index (Phi) is 4.31. The summed E-state index contributed by atoms with van der Waals surface area (Å²) in [6.07, 6.45) is 7.62. The zero-order chi connectivity index (χ0) is 14.0. The largest absolute Gasteiger partial charge is 0.309 e. The van der Waals surface area contributed by atoms with Gasteiger partial charge in [-0.15, -0.1) is 17.8 Å². The van der Waals surface area contributed by atoms with Crippen LogP contribution >= 0.6 is 11.3 Å². The Morgan fingerprint density at radius 1 is 1.58 bits per heavy atom. The third-order valence-corrected chi connectivity index (χ3v) is 6.18. The van der Waals surface area contributed by atoms with E-state index in [1.165, 1.54) is 35.5 Å². The lowest BCUT2D eigenvalue weighted by atomic mass is 10.4. The van der Waals surface area contributed by atoms with E-state index in [9.17, 15) is 8.42 Å². The second kappa shape index (κ2) is 5.63. The predicted molar refractivity (Wildman–Crippen MR) is 77.6 cm³/mol. The van der Waals surface area contributed by atoms with Crippen molar-refractivity contribution in [1.82, 2.24) is 9.62 Å². The molecule has 1 N–H and O–H groups in total. The maximum Gasteiger partial charge on any atom is 0.244 e. The van der Waals surface area contributed by atoms with Crippen molar-refractivity contribution in [2.75, 3.05) is 13.6 Å². The van der Waals surface area contributed by atoms with Crippen LogP contribution in [0.1, 0.15) is 22.6 Å². The molecule has 2 rings (SSSR count). The Balaban J connectivity index is 2.16. The van der Waals surface area contributed by atoms with E-state index in [2.05, 4.69) is 11.2 Å². The zero-order valence-electron chi connectivity index (χ0n) is 11.1. The highest BCUT2D eigenvalue weighted by Gasteiger charge is 2.25. The van der Waals surface area contributed by atoms with Crippen LogP contribution in [0.25, 0.3) is 0 Å². The molecule has 1 fully saturated rings. The van der Waals surface area contributed by atoms with Gasteiger partial charge in [0.25, 0.3) is 0 Å². The molecule has 0 atom stereocenters. The van der Waals surface area contributed by atoms with E-state index in [0.29, 0.717) is 10.9 Å². The Hall–Kier alpha value is -0.870. The molecule has 0 amide bonds. The average Bonchev–Trinajstić information content (AvgIpc) is 3.10. The lowest BCUT2D eigenvalue weighted by molar-refractivity contribution is 0.503. The van der Waals surface area contributed by atoms with Crippen LogP contribution in [0, 0.1) is 19.3 Å². The van der Waals surface area contributed by atoms with Crippen LogP contribution in [0.3, 0.4) is 0 Å². The van der Waals surface area contributed by atoms with E-state index >= 15 is 0 Å². The molecule has 6 heteroatoms. The Morgan fingerprint density at radius 3 is 2.84 bits per heavy atom. The van der Waals surface area contributed by atoms with Crippen molar-refractivity contribution < 1.29 is 8.42 Å². The Labute approximate surface area is 118 Å². The van der Waals surface area contributed by atoms with E-state index in [4.69, 9.17) is 6.42 Å². The molecule has 19 heavy (non-hydrogen) atoms. The molecule has 4 nitrogen and oxygen atoms in total. The molecular weight excluding hydrogens is 280 g/mol. The number of aryl methyl sites for hydroxylation is 1. The van der Waals surface area contributed by atoms with Crippen molar-refractivity contribution in [3.8, 4) is 12.3 Å². The van der Waals surface area contributed by atoms with Crippen LogP contribution in [-0.2, 0) is 16.6 Å². The summed E-state index contributed by atoms with van der Waals surface area (Å²) in [6, 6.07) is 2.38. The van der Waals surface area contributed by atoms with Gasteiger partial charge in [-0.1, -0.05) is 5.92 Å². The van der Waals surface area contributed by atoms with Gasteiger partial charge in [-0.25, -0.2) is 8.42 Å². The maximum atomic E-state index is 12.3. The normalized spacial score (nSPS) is 15.7. The molecule has 0 saturated heterocycles. The quantitative estimate of drug-likeness (QED) is 0.811. The molecule has 0 aromatic carbocycles. The van der Waals surface area contributed by atoms with Gasteiger partial charge in [0.1, 0.15) is 0 Å². The standard InChI is InChI=1S/C13H18N2O2S2/c1-4-7-15(3)19(16,17)13-8-12(18-10(13)2)9-14-11-5-6-11/h1,8,11,14H,5-7,9H2,2-3H3. The number of rotatable bonds is 6. The van der Waals surface area contributed by atoms with Crippen LogP contribution < -0.4 is 5.32 Å². The fraction of sp³-hybridized carbons (Fsp3) is 0.538. The van der Waals surface area contributed by atoms with Crippen molar-refractivity contribution in [3.63, 3.8) is 0 Å². The van der Waals surface area contributed by atoms with Gasteiger partial charge in [0.2, 0.25) is 10.0 Å². The first-order valence-electron chi connectivity index (χ1n) is 6.17. The Morgan fingerprint density at radius 2 is 2.26 bits per heavy atom. The number of nitrogens with one attached hydrogen (secondary N) is 1. The summed E-state index contributed by atoms with van der Waals surface area (Å²) in [7, 11) is -1.95. The summed E-state index contributed by atoms with van der Waals surface area (Å²) in [5.41, 5.74) is 0. The first kappa shape index (κ1) is 14.5. The first-order chi connectivity index (χ1) is 8.95. The molecule has 1 saturated carbocycles. The lowest BCUT2D eigenvalue weighted by Gasteiger charge is -2.13. The minimum atomic E-state index is -3.46. The number of sulfonamides is 1. The number of thiophene rings is 1. The molecular formula is C13H18N2O2S2. The van der Waals surface area contributed by atoms with Crippen molar-refractivity contribution in [2.45, 2.75) is 37.2 Å². The fourth-order valence-electron chi connectivity index (χ4n) is 1.78. The topological polar surface area (TPSA) is 49.4 Å². The predicted octanol–water partition coefficient (Wildman–Crippen LogP) is 1.56. The molecule has 1 aliphatic carbocycles. The molecule has 0 radical (unpaired) electrons. The van der Waals surface area contributed by atoms with E-state index in [1.807, 2.05) is 6.92 Å². The molecule has 0 bridgehead atoms.